The van der Waals surface area contributed by atoms with Crippen LogP contribution >= 0.6 is 24.0 Å². The lowest BCUT2D eigenvalue weighted by atomic mass is 9.97. The number of aliphatic hydroxyl groups is 1. The van der Waals surface area contributed by atoms with Gasteiger partial charge < -0.3 is 20.3 Å². The Kier molecular flexibility index (Phi) is 9.29. The molecule has 0 aliphatic rings. The molecule has 1 heterocycles. The van der Waals surface area contributed by atoms with Gasteiger partial charge in [0.15, 0.2) is 5.96 Å². The topological polar surface area (TPSA) is 74.5 Å². The fourth-order valence-electron chi connectivity index (χ4n) is 3.17. The number of rotatable bonds is 7. The molecule has 6 nitrogen and oxygen atoms in total. The highest BCUT2D eigenvalue weighted by molar-refractivity contribution is 14.0. The minimum Gasteiger partial charge on any atom is -0.374 e. The van der Waals surface area contributed by atoms with Crippen LogP contribution in [-0.4, -0.2) is 33.3 Å². The lowest BCUT2D eigenvalue weighted by Crippen LogP contribution is -2.47. The van der Waals surface area contributed by atoms with Gasteiger partial charge in [-0.25, -0.2) is 9.98 Å². The highest BCUT2D eigenvalue weighted by Crippen LogP contribution is 2.40. The standard InChI is InChI=1S/C23H26F3N5O.HI/c1-17-8-10-18(11-9-17)16-29-21(30-19-6-4-3-5-7-19)28-13-12-22(32,23(24,25)26)20-27-14-15-31(20)2;/h3-11,14-15,32H,12-13,16H2,1-2H3,(H2,28,29,30);1H. The third kappa shape index (κ3) is 6.94. The maximum atomic E-state index is 13.7. The van der Waals surface area contributed by atoms with Crippen LogP contribution in [0.15, 0.2) is 72.0 Å². The summed E-state index contributed by atoms with van der Waals surface area (Å²) in [6, 6.07) is 17.0. The van der Waals surface area contributed by atoms with Gasteiger partial charge in [0.1, 0.15) is 5.82 Å². The predicted molar refractivity (Wildman–Crippen MR) is 134 cm³/mol. The summed E-state index contributed by atoms with van der Waals surface area (Å²) in [5, 5.41) is 16.5. The summed E-state index contributed by atoms with van der Waals surface area (Å²) in [6.07, 6.45) is -2.93. The first-order valence-electron chi connectivity index (χ1n) is 10.1. The number of aliphatic imine (C=N–C) groups is 1. The molecule has 3 aromatic rings. The summed E-state index contributed by atoms with van der Waals surface area (Å²) >= 11 is 0. The third-order valence-corrected chi connectivity index (χ3v) is 5.02. The van der Waals surface area contributed by atoms with Gasteiger partial charge in [-0.3, -0.25) is 0 Å². The Balaban J connectivity index is 0.00000385. The van der Waals surface area contributed by atoms with Crippen molar-refractivity contribution < 1.29 is 18.3 Å². The smallest absolute Gasteiger partial charge is 0.374 e. The fourth-order valence-corrected chi connectivity index (χ4v) is 3.17. The molecule has 0 bridgehead atoms. The summed E-state index contributed by atoms with van der Waals surface area (Å²) in [4.78, 5) is 8.21. The first-order valence-corrected chi connectivity index (χ1v) is 10.1. The van der Waals surface area contributed by atoms with E-state index in [1.807, 2.05) is 61.5 Å². The van der Waals surface area contributed by atoms with Crippen molar-refractivity contribution >= 4 is 35.6 Å². The summed E-state index contributed by atoms with van der Waals surface area (Å²) in [5.74, 6) is -0.151. The second-order valence-electron chi connectivity index (χ2n) is 7.54. The molecule has 1 aromatic heterocycles. The van der Waals surface area contributed by atoms with E-state index in [0.29, 0.717) is 12.5 Å². The number of halogens is 4. The molecule has 1 atom stereocenters. The van der Waals surface area contributed by atoms with Crippen molar-refractivity contribution in [3.05, 3.63) is 83.9 Å². The lowest BCUT2D eigenvalue weighted by molar-refractivity contribution is -0.272. The zero-order chi connectivity index (χ0) is 23.2. The maximum Gasteiger partial charge on any atom is 0.424 e. The fraction of sp³-hybridized carbons (Fsp3) is 0.304. The molecule has 33 heavy (non-hydrogen) atoms. The summed E-state index contributed by atoms with van der Waals surface area (Å²) in [7, 11) is 1.41. The van der Waals surface area contributed by atoms with Gasteiger partial charge in [-0.05, 0) is 24.6 Å². The summed E-state index contributed by atoms with van der Waals surface area (Å²) in [5.41, 5.74) is -0.269. The van der Waals surface area contributed by atoms with E-state index in [4.69, 9.17) is 0 Å². The van der Waals surface area contributed by atoms with Crippen molar-refractivity contribution in [1.29, 1.82) is 0 Å². The molecule has 2 aromatic carbocycles. The number of nitrogens with zero attached hydrogens (tertiary/aromatic N) is 3. The monoisotopic (exact) mass is 573 g/mol. The van der Waals surface area contributed by atoms with E-state index in [2.05, 4.69) is 20.6 Å². The largest absolute Gasteiger partial charge is 0.424 e. The molecule has 0 aliphatic carbocycles. The van der Waals surface area contributed by atoms with Crippen molar-refractivity contribution in [3.63, 3.8) is 0 Å². The molecule has 0 amide bonds. The average Bonchev–Trinajstić information content (AvgIpc) is 3.19. The maximum absolute atomic E-state index is 13.7. The van der Waals surface area contributed by atoms with Crippen LogP contribution in [0.5, 0.6) is 0 Å². The van der Waals surface area contributed by atoms with Gasteiger partial charge >= 0.3 is 6.18 Å². The Bertz CT molecular complexity index is 1040. The Morgan fingerprint density at radius 2 is 1.76 bits per heavy atom. The molecule has 178 valence electrons. The van der Waals surface area contributed by atoms with Crippen LogP contribution in [0, 0.1) is 6.92 Å². The third-order valence-electron chi connectivity index (χ3n) is 5.02. The van der Waals surface area contributed by atoms with E-state index >= 15 is 0 Å². The Labute approximate surface area is 208 Å². The minimum absolute atomic E-state index is 0. The number of benzene rings is 2. The highest BCUT2D eigenvalue weighted by atomic mass is 127. The SMILES string of the molecule is Cc1ccc(CN=C(NCCC(O)(c2nccn2C)C(F)(F)F)Nc2ccccc2)cc1.I. The number of hydrogen-bond acceptors (Lipinski definition) is 3. The van der Waals surface area contributed by atoms with Crippen LogP contribution < -0.4 is 10.6 Å². The van der Waals surface area contributed by atoms with Gasteiger partial charge in [-0.15, -0.1) is 24.0 Å². The molecule has 0 saturated carbocycles. The van der Waals surface area contributed by atoms with Gasteiger partial charge in [-0.2, -0.15) is 13.2 Å². The van der Waals surface area contributed by atoms with Crippen LogP contribution in [0.1, 0.15) is 23.4 Å². The Morgan fingerprint density at radius 3 is 2.33 bits per heavy atom. The van der Waals surface area contributed by atoms with Crippen molar-refractivity contribution in [1.82, 2.24) is 14.9 Å². The van der Waals surface area contributed by atoms with Crippen LogP contribution in [0.25, 0.3) is 0 Å². The van der Waals surface area contributed by atoms with E-state index in [1.54, 1.807) is 0 Å². The molecule has 0 aliphatic heterocycles. The minimum atomic E-state index is -4.89. The molecule has 0 saturated heterocycles. The van der Waals surface area contributed by atoms with Gasteiger partial charge in [0.05, 0.1) is 6.54 Å². The first-order chi connectivity index (χ1) is 15.2. The quantitative estimate of drug-likeness (QED) is 0.217. The van der Waals surface area contributed by atoms with Crippen LogP contribution in [-0.2, 0) is 19.2 Å². The molecule has 1 unspecified atom stereocenters. The predicted octanol–water partition coefficient (Wildman–Crippen LogP) is 4.74. The number of aryl methyl sites for hydroxylation is 2. The van der Waals surface area contributed by atoms with Crippen LogP contribution in [0.2, 0.25) is 0 Å². The van der Waals surface area contributed by atoms with Crippen LogP contribution in [0.4, 0.5) is 18.9 Å². The van der Waals surface area contributed by atoms with Crippen LogP contribution in [0.3, 0.4) is 0 Å². The van der Waals surface area contributed by atoms with Gasteiger partial charge in [0.25, 0.3) is 0 Å². The van der Waals surface area contributed by atoms with Crippen molar-refractivity contribution in [3.8, 4) is 0 Å². The van der Waals surface area contributed by atoms with Crippen molar-refractivity contribution in [2.45, 2.75) is 31.7 Å². The second kappa shape index (κ2) is 11.5. The van der Waals surface area contributed by atoms with Crippen molar-refractivity contribution in [2.24, 2.45) is 12.0 Å². The average molecular weight is 573 g/mol. The van der Waals surface area contributed by atoms with Crippen molar-refractivity contribution in [2.75, 3.05) is 11.9 Å². The van der Waals surface area contributed by atoms with E-state index in [9.17, 15) is 18.3 Å². The van der Waals surface area contributed by atoms with E-state index in [0.717, 1.165) is 16.8 Å². The molecule has 0 radical (unpaired) electrons. The molecule has 3 N–H and O–H groups in total. The molecule has 0 fully saturated rings. The summed E-state index contributed by atoms with van der Waals surface area (Å²) in [6.45, 7) is 2.14. The Hall–Kier alpha value is -2.60. The first kappa shape index (κ1) is 26.7. The molecular weight excluding hydrogens is 546 g/mol. The molecule has 0 spiro atoms. The highest BCUT2D eigenvalue weighted by Gasteiger charge is 2.57. The Morgan fingerprint density at radius 1 is 1.09 bits per heavy atom. The zero-order valence-corrected chi connectivity index (χ0v) is 20.6. The van der Waals surface area contributed by atoms with Gasteiger partial charge in [0.2, 0.25) is 5.60 Å². The van der Waals surface area contributed by atoms with E-state index < -0.39 is 24.0 Å². The second-order valence-corrected chi connectivity index (χ2v) is 7.54. The summed E-state index contributed by atoms with van der Waals surface area (Å²) < 4.78 is 42.4. The molecule has 10 heteroatoms. The number of nitrogens with one attached hydrogen (secondary N) is 2. The lowest BCUT2D eigenvalue weighted by Gasteiger charge is -2.30. The number of hydrogen-bond donors (Lipinski definition) is 3. The number of aromatic nitrogens is 2. The normalized spacial score (nSPS) is 13.7. The number of anilines is 1. The van der Waals surface area contributed by atoms with E-state index in [-0.39, 0.29) is 30.5 Å². The number of guanidine groups is 1. The molecule has 3 rings (SSSR count). The number of para-hydroxylation sites is 1. The van der Waals surface area contributed by atoms with Gasteiger partial charge in [-0.1, -0.05) is 48.0 Å². The molecular formula is C23H27F3IN5O. The zero-order valence-electron chi connectivity index (χ0n) is 18.3. The van der Waals surface area contributed by atoms with E-state index in [1.165, 1.54) is 24.0 Å². The van der Waals surface area contributed by atoms with Gasteiger partial charge in [0, 0.05) is 38.1 Å². The number of alkyl halides is 3. The number of imidazole rings is 1.